The highest BCUT2D eigenvalue weighted by molar-refractivity contribution is 5.04. The number of furan rings is 1. The molecule has 0 saturated carbocycles. The highest BCUT2D eigenvalue weighted by atomic mass is 16.5. The van der Waals surface area contributed by atoms with Gasteiger partial charge in [0.25, 0.3) is 0 Å². The molecule has 4 nitrogen and oxygen atoms in total. The Morgan fingerprint density at radius 2 is 2.36 bits per heavy atom. The second-order valence-corrected chi connectivity index (χ2v) is 3.00. The molecule has 0 radical (unpaired) electrons. The summed E-state index contributed by atoms with van der Waals surface area (Å²) in [4.78, 5) is 0. The second kappa shape index (κ2) is 7.55. The van der Waals surface area contributed by atoms with Gasteiger partial charge in [0.2, 0.25) is 0 Å². The van der Waals surface area contributed by atoms with E-state index in [0.29, 0.717) is 13.2 Å². The van der Waals surface area contributed by atoms with E-state index in [1.807, 2.05) is 6.07 Å². The zero-order valence-electron chi connectivity index (χ0n) is 8.24. The molecule has 1 aromatic heterocycles. The summed E-state index contributed by atoms with van der Waals surface area (Å²) in [5, 5.41) is 11.7. The van der Waals surface area contributed by atoms with Gasteiger partial charge in [-0.1, -0.05) is 0 Å². The predicted molar refractivity (Wildman–Crippen MR) is 52.9 cm³/mol. The normalized spacial score (nSPS) is 10.6. The standard InChI is InChI=1S/C10H17NO3/c12-4-7-13-5-1-3-11-8-10-2-6-14-9-10/h2,6,9,11-12H,1,3-5,7-8H2. The van der Waals surface area contributed by atoms with Gasteiger partial charge in [0.1, 0.15) is 0 Å². The predicted octanol–water partition coefficient (Wildman–Crippen LogP) is 0.768. The van der Waals surface area contributed by atoms with Gasteiger partial charge in [-0.2, -0.15) is 0 Å². The molecular formula is C10H17NO3. The van der Waals surface area contributed by atoms with E-state index in [0.717, 1.165) is 25.1 Å². The number of rotatable bonds is 8. The topological polar surface area (TPSA) is 54.6 Å². The molecule has 0 unspecified atom stereocenters. The van der Waals surface area contributed by atoms with Crippen LogP contribution in [0.25, 0.3) is 0 Å². The summed E-state index contributed by atoms with van der Waals surface area (Å²) in [5.74, 6) is 0. The number of hydrogen-bond donors (Lipinski definition) is 2. The number of aliphatic hydroxyl groups is 1. The maximum absolute atomic E-state index is 8.44. The van der Waals surface area contributed by atoms with Crippen LogP contribution in [0.2, 0.25) is 0 Å². The van der Waals surface area contributed by atoms with Gasteiger partial charge in [-0.05, 0) is 19.0 Å². The molecule has 1 heterocycles. The average molecular weight is 199 g/mol. The molecule has 0 saturated heterocycles. The summed E-state index contributed by atoms with van der Waals surface area (Å²) < 4.78 is 10.0. The minimum absolute atomic E-state index is 0.0997. The Hall–Kier alpha value is -0.840. The van der Waals surface area contributed by atoms with Crippen LogP contribution in [0, 0.1) is 0 Å². The van der Waals surface area contributed by atoms with E-state index in [9.17, 15) is 0 Å². The van der Waals surface area contributed by atoms with Gasteiger partial charge in [0.15, 0.2) is 0 Å². The lowest BCUT2D eigenvalue weighted by Crippen LogP contribution is -2.16. The fraction of sp³-hybridized carbons (Fsp3) is 0.600. The highest BCUT2D eigenvalue weighted by Gasteiger charge is 1.93. The monoisotopic (exact) mass is 199 g/mol. The van der Waals surface area contributed by atoms with E-state index in [2.05, 4.69) is 5.32 Å². The Bertz CT molecular complexity index is 211. The smallest absolute Gasteiger partial charge is 0.0947 e. The second-order valence-electron chi connectivity index (χ2n) is 3.00. The third kappa shape index (κ3) is 5.01. The Kier molecular flexibility index (Phi) is 6.06. The Morgan fingerprint density at radius 3 is 3.07 bits per heavy atom. The molecule has 80 valence electrons. The van der Waals surface area contributed by atoms with Crippen LogP contribution in [-0.4, -0.2) is 31.5 Å². The van der Waals surface area contributed by atoms with E-state index < -0.39 is 0 Å². The number of hydrogen-bond acceptors (Lipinski definition) is 4. The van der Waals surface area contributed by atoms with Gasteiger partial charge in [-0.25, -0.2) is 0 Å². The van der Waals surface area contributed by atoms with Crippen molar-refractivity contribution in [2.75, 3.05) is 26.4 Å². The minimum atomic E-state index is 0.0997. The molecule has 0 fully saturated rings. The molecule has 1 rings (SSSR count). The van der Waals surface area contributed by atoms with Crippen LogP contribution in [0.1, 0.15) is 12.0 Å². The van der Waals surface area contributed by atoms with E-state index in [4.69, 9.17) is 14.3 Å². The largest absolute Gasteiger partial charge is 0.472 e. The Labute approximate surface area is 83.9 Å². The lowest BCUT2D eigenvalue weighted by Gasteiger charge is -2.03. The molecule has 0 atom stereocenters. The van der Waals surface area contributed by atoms with Crippen molar-refractivity contribution >= 4 is 0 Å². The molecule has 0 aliphatic heterocycles. The zero-order valence-corrected chi connectivity index (χ0v) is 8.24. The highest BCUT2D eigenvalue weighted by Crippen LogP contribution is 1.98. The summed E-state index contributed by atoms with van der Waals surface area (Å²) in [7, 11) is 0. The number of nitrogens with one attached hydrogen (secondary N) is 1. The first-order valence-electron chi connectivity index (χ1n) is 4.84. The molecule has 4 heteroatoms. The van der Waals surface area contributed by atoms with E-state index in [1.165, 1.54) is 0 Å². The Morgan fingerprint density at radius 1 is 1.43 bits per heavy atom. The molecule has 0 spiro atoms. The molecule has 2 N–H and O–H groups in total. The molecule has 14 heavy (non-hydrogen) atoms. The van der Waals surface area contributed by atoms with Crippen molar-refractivity contribution in [2.24, 2.45) is 0 Å². The van der Waals surface area contributed by atoms with E-state index in [-0.39, 0.29) is 6.61 Å². The summed E-state index contributed by atoms with van der Waals surface area (Å²) in [6.45, 7) is 2.97. The Balaban J connectivity index is 1.85. The maximum Gasteiger partial charge on any atom is 0.0947 e. The molecule has 0 aliphatic rings. The first-order valence-corrected chi connectivity index (χ1v) is 4.84. The first kappa shape index (κ1) is 11.2. The zero-order chi connectivity index (χ0) is 10.1. The van der Waals surface area contributed by atoms with Crippen molar-refractivity contribution in [1.82, 2.24) is 5.32 Å². The van der Waals surface area contributed by atoms with Crippen LogP contribution >= 0.6 is 0 Å². The summed E-state index contributed by atoms with van der Waals surface area (Å²) >= 11 is 0. The molecule has 0 bridgehead atoms. The molecule has 0 aliphatic carbocycles. The van der Waals surface area contributed by atoms with Gasteiger partial charge in [0, 0.05) is 18.7 Å². The fourth-order valence-electron chi connectivity index (χ4n) is 1.09. The third-order valence-electron chi connectivity index (χ3n) is 1.79. The van der Waals surface area contributed by atoms with Crippen molar-refractivity contribution < 1.29 is 14.3 Å². The van der Waals surface area contributed by atoms with Crippen molar-refractivity contribution in [3.63, 3.8) is 0 Å². The third-order valence-corrected chi connectivity index (χ3v) is 1.79. The maximum atomic E-state index is 8.44. The minimum Gasteiger partial charge on any atom is -0.472 e. The lowest BCUT2D eigenvalue weighted by molar-refractivity contribution is 0.0907. The van der Waals surface area contributed by atoms with E-state index in [1.54, 1.807) is 12.5 Å². The SMILES string of the molecule is OCCOCCCNCc1ccoc1. The summed E-state index contributed by atoms with van der Waals surface area (Å²) in [6, 6.07) is 1.94. The number of aliphatic hydroxyl groups excluding tert-OH is 1. The molecule has 1 aromatic rings. The van der Waals surface area contributed by atoms with Crippen LogP contribution in [-0.2, 0) is 11.3 Å². The van der Waals surface area contributed by atoms with Crippen LogP contribution in [0.3, 0.4) is 0 Å². The van der Waals surface area contributed by atoms with Crippen molar-refractivity contribution in [1.29, 1.82) is 0 Å². The average Bonchev–Trinajstić information content (AvgIpc) is 2.69. The van der Waals surface area contributed by atoms with Gasteiger partial charge in [0.05, 0.1) is 25.7 Å². The summed E-state index contributed by atoms with van der Waals surface area (Å²) in [5.41, 5.74) is 1.15. The van der Waals surface area contributed by atoms with Crippen molar-refractivity contribution in [3.8, 4) is 0 Å². The summed E-state index contributed by atoms with van der Waals surface area (Å²) in [6.07, 6.45) is 4.36. The van der Waals surface area contributed by atoms with Crippen LogP contribution < -0.4 is 5.32 Å². The number of ether oxygens (including phenoxy) is 1. The first-order chi connectivity index (χ1) is 6.93. The van der Waals surface area contributed by atoms with Gasteiger partial charge >= 0.3 is 0 Å². The molecule has 0 aromatic carbocycles. The molecular weight excluding hydrogens is 182 g/mol. The van der Waals surface area contributed by atoms with Crippen molar-refractivity contribution in [3.05, 3.63) is 24.2 Å². The van der Waals surface area contributed by atoms with E-state index >= 15 is 0 Å². The van der Waals surface area contributed by atoms with Gasteiger partial charge in [-0.3, -0.25) is 0 Å². The van der Waals surface area contributed by atoms with Crippen LogP contribution in [0.4, 0.5) is 0 Å². The van der Waals surface area contributed by atoms with Crippen molar-refractivity contribution in [2.45, 2.75) is 13.0 Å². The molecule has 0 amide bonds. The van der Waals surface area contributed by atoms with Crippen LogP contribution in [0.5, 0.6) is 0 Å². The lowest BCUT2D eigenvalue weighted by atomic mass is 10.3. The van der Waals surface area contributed by atoms with Crippen LogP contribution in [0.15, 0.2) is 23.0 Å². The fourth-order valence-corrected chi connectivity index (χ4v) is 1.09. The quantitative estimate of drug-likeness (QED) is 0.607. The van der Waals surface area contributed by atoms with Gasteiger partial charge < -0.3 is 19.6 Å². The van der Waals surface area contributed by atoms with Gasteiger partial charge in [-0.15, -0.1) is 0 Å².